The summed E-state index contributed by atoms with van der Waals surface area (Å²) in [7, 11) is 0. The van der Waals surface area contributed by atoms with E-state index in [1.165, 1.54) is 0 Å². The maximum Gasteiger partial charge on any atom is 0.256 e. The molecule has 3 atom stereocenters. The molecule has 0 aliphatic carbocycles. The second-order valence-electron chi connectivity index (χ2n) is 5.42. The molecule has 2 rings (SSSR count). The van der Waals surface area contributed by atoms with Crippen molar-refractivity contribution >= 4 is 18.3 Å². The average molecular weight is 313 g/mol. The highest BCUT2D eigenvalue weighted by Crippen LogP contribution is 2.28. The smallest absolute Gasteiger partial charge is 0.256 e. The molecule has 0 aromatic heterocycles. The predicted octanol–water partition coefficient (Wildman–Crippen LogP) is 2.38. The van der Waals surface area contributed by atoms with Gasteiger partial charge >= 0.3 is 0 Å². The van der Waals surface area contributed by atoms with Gasteiger partial charge in [-0.15, -0.1) is 12.4 Å². The summed E-state index contributed by atoms with van der Waals surface area (Å²) in [6.45, 7) is 5.90. The Morgan fingerprint density at radius 3 is 2.62 bits per heavy atom. The van der Waals surface area contributed by atoms with E-state index in [0.29, 0.717) is 19.1 Å². The molecule has 1 amide bonds. The molecule has 1 aromatic carbocycles. The average Bonchev–Trinajstić information content (AvgIpc) is 2.86. The third-order valence-electron chi connectivity index (χ3n) is 3.94. The topological polar surface area (TPSA) is 55.6 Å². The number of hydrogen-bond donors (Lipinski definition) is 1. The van der Waals surface area contributed by atoms with E-state index < -0.39 is 6.10 Å². The third-order valence-corrected chi connectivity index (χ3v) is 3.94. The second kappa shape index (κ2) is 8.37. The molecule has 5 heteroatoms. The lowest BCUT2D eigenvalue weighted by Crippen LogP contribution is -2.38. The Hall–Kier alpha value is -1.10. The molecule has 1 aliphatic rings. The van der Waals surface area contributed by atoms with Gasteiger partial charge in [-0.1, -0.05) is 30.3 Å². The van der Waals surface area contributed by atoms with Crippen LogP contribution in [-0.2, 0) is 9.53 Å². The van der Waals surface area contributed by atoms with Crippen LogP contribution < -0.4 is 5.73 Å². The van der Waals surface area contributed by atoms with Gasteiger partial charge in [0, 0.05) is 19.2 Å². The summed E-state index contributed by atoms with van der Waals surface area (Å²) in [5.41, 5.74) is 6.65. The van der Waals surface area contributed by atoms with E-state index in [2.05, 4.69) is 6.92 Å². The molecule has 2 N–H and O–H groups in total. The number of hydrogen-bond acceptors (Lipinski definition) is 3. The van der Waals surface area contributed by atoms with Gasteiger partial charge in [-0.2, -0.15) is 0 Å². The van der Waals surface area contributed by atoms with Crippen LogP contribution in [0.4, 0.5) is 0 Å². The van der Waals surface area contributed by atoms with E-state index in [1.807, 2.05) is 42.2 Å². The first kappa shape index (κ1) is 18.0. The molecule has 1 aliphatic heterocycles. The molecule has 0 saturated carbocycles. The Kier molecular flexibility index (Phi) is 7.15. The molecule has 0 radical (unpaired) electrons. The van der Waals surface area contributed by atoms with Crippen LogP contribution >= 0.6 is 12.4 Å². The number of halogens is 1. The third kappa shape index (κ3) is 4.19. The maximum atomic E-state index is 12.8. The molecule has 118 valence electrons. The van der Waals surface area contributed by atoms with Crippen LogP contribution in [0.2, 0.25) is 0 Å². The van der Waals surface area contributed by atoms with Crippen molar-refractivity contribution in [3.8, 4) is 0 Å². The number of carbonyl (C=O) groups excluding carboxylic acids is 1. The normalized spacial score (nSPS) is 22.7. The van der Waals surface area contributed by atoms with Crippen LogP contribution in [0, 0.1) is 5.92 Å². The van der Waals surface area contributed by atoms with Gasteiger partial charge in [-0.25, -0.2) is 0 Å². The van der Waals surface area contributed by atoms with E-state index >= 15 is 0 Å². The molecule has 0 spiro atoms. The minimum Gasteiger partial charge on any atom is -0.364 e. The SMILES string of the molecule is CCOC(C(=O)N1CC(CN)CC1C)c1ccccc1.Cl. The van der Waals surface area contributed by atoms with Gasteiger partial charge < -0.3 is 15.4 Å². The lowest BCUT2D eigenvalue weighted by molar-refractivity contribution is -0.144. The van der Waals surface area contributed by atoms with E-state index in [1.54, 1.807) is 0 Å². The van der Waals surface area contributed by atoms with Crippen molar-refractivity contribution in [2.75, 3.05) is 19.7 Å². The highest BCUT2D eigenvalue weighted by molar-refractivity contribution is 5.85. The van der Waals surface area contributed by atoms with Crippen molar-refractivity contribution in [1.29, 1.82) is 0 Å². The summed E-state index contributed by atoms with van der Waals surface area (Å²) >= 11 is 0. The van der Waals surface area contributed by atoms with Gasteiger partial charge in [-0.05, 0) is 38.3 Å². The lowest BCUT2D eigenvalue weighted by Gasteiger charge is -2.27. The van der Waals surface area contributed by atoms with Crippen LogP contribution in [0.15, 0.2) is 30.3 Å². The van der Waals surface area contributed by atoms with Gasteiger partial charge in [0.2, 0.25) is 0 Å². The van der Waals surface area contributed by atoms with E-state index in [4.69, 9.17) is 10.5 Å². The van der Waals surface area contributed by atoms with Crippen LogP contribution in [0.1, 0.15) is 31.9 Å². The fraction of sp³-hybridized carbons (Fsp3) is 0.562. The zero-order valence-corrected chi connectivity index (χ0v) is 13.5. The molecular weight excluding hydrogens is 288 g/mol. The number of ether oxygens (including phenoxy) is 1. The van der Waals surface area contributed by atoms with Gasteiger partial charge in [0.05, 0.1) is 0 Å². The first-order valence-corrected chi connectivity index (χ1v) is 7.34. The first-order chi connectivity index (χ1) is 9.67. The van der Waals surface area contributed by atoms with Crippen molar-refractivity contribution in [2.24, 2.45) is 11.7 Å². The number of likely N-dealkylation sites (tertiary alicyclic amines) is 1. The number of carbonyl (C=O) groups is 1. The van der Waals surface area contributed by atoms with Gasteiger partial charge in [0.15, 0.2) is 6.10 Å². The Morgan fingerprint density at radius 1 is 1.43 bits per heavy atom. The summed E-state index contributed by atoms with van der Waals surface area (Å²) in [6.07, 6.45) is 0.482. The molecule has 3 unspecified atom stereocenters. The summed E-state index contributed by atoms with van der Waals surface area (Å²) in [4.78, 5) is 14.7. The molecule has 4 nitrogen and oxygen atoms in total. The summed E-state index contributed by atoms with van der Waals surface area (Å²) in [5, 5.41) is 0. The minimum atomic E-state index is -0.500. The number of benzene rings is 1. The fourth-order valence-corrected chi connectivity index (χ4v) is 2.88. The zero-order chi connectivity index (χ0) is 14.5. The fourth-order valence-electron chi connectivity index (χ4n) is 2.88. The Labute approximate surface area is 133 Å². The summed E-state index contributed by atoms with van der Waals surface area (Å²) in [5.74, 6) is 0.466. The van der Waals surface area contributed by atoms with Crippen LogP contribution in [-0.4, -0.2) is 36.5 Å². The number of rotatable bonds is 5. The second-order valence-corrected chi connectivity index (χ2v) is 5.42. The van der Waals surface area contributed by atoms with Crippen molar-refractivity contribution < 1.29 is 9.53 Å². The first-order valence-electron chi connectivity index (χ1n) is 7.34. The maximum absolute atomic E-state index is 12.8. The zero-order valence-electron chi connectivity index (χ0n) is 12.7. The standard InChI is InChI=1S/C16H24N2O2.ClH/c1-3-20-15(14-7-5-4-6-8-14)16(19)18-11-13(10-17)9-12(18)2;/h4-8,12-13,15H,3,9-11,17H2,1-2H3;1H. The Morgan fingerprint density at radius 2 is 2.10 bits per heavy atom. The van der Waals surface area contributed by atoms with Crippen LogP contribution in [0.3, 0.4) is 0 Å². The summed E-state index contributed by atoms with van der Waals surface area (Å²) in [6, 6.07) is 9.94. The van der Waals surface area contributed by atoms with E-state index in [9.17, 15) is 4.79 Å². The van der Waals surface area contributed by atoms with Crippen molar-refractivity contribution in [3.05, 3.63) is 35.9 Å². The Bertz CT molecular complexity index is 441. The van der Waals surface area contributed by atoms with E-state index in [-0.39, 0.29) is 24.4 Å². The molecule has 0 bridgehead atoms. The highest BCUT2D eigenvalue weighted by atomic mass is 35.5. The largest absolute Gasteiger partial charge is 0.364 e. The van der Waals surface area contributed by atoms with Gasteiger partial charge in [0.25, 0.3) is 5.91 Å². The predicted molar refractivity (Wildman–Crippen MR) is 86.4 cm³/mol. The van der Waals surface area contributed by atoms with Crippen molar-refractivity contribution in [3.63, 3.8) is 0 Å². The molecule has 21 heavy (non-hydrogen) atoms. The molecule has 1 saturated heterocycles. The number of nitrogens with two attached hydrogens (primary N) is 1. The minimum absolute atomic E-state index is 0. The molecular formula is C16H25ClN2O2. The molecule has 1 aromatic rings. The van der Waals surface area contributed by atoms with Crippen LogP contribution in [0.5, 0.6) is 0 Å². The van der Waals surface area contributed by atoms with Gasteiger partial charge in [-0.3, -0.25) is 4.79 Å². The monoisotopic (exact) mass is 312 g/mol. The van der Waals surface area contributed by atoms with Crippen LogP contribution in [0.25, 0.3) is 0 Å². The lowest BCUT2D eigenvalue weighted by atomic mass is 10.1. The van der Waals surface area contributed by atoms with Gasteiger partial charge in [0.1, 0.15) is 0 Å². The Balaban J connectivity index is 0.00000220. The van der Waals surface area contributed by atoms with E-state index in [0.717, 1.165) is 18.5 Å². The number of amides is 1. The number of nitrogens with zero attached hydrogens (tertiary/aromatic N) is 1. The summed E-state index contributed by atoms with van der Waals surface area (Å²) < 4.78 is 5.70. The van der Waals surface area contributed by atoms with Crippen molar-refractivity contribution in [1.82, 2.24) is 4.90 Å². The van der Waals surface area contributed by atoms with Crippen molar-refractivity contribution in [2.45, 2.75) is 32.4 Å². The molecule has 1 fully saturated rings. The highest BCUT2D eigenvalue weighted by Gasteiger charge is 2.35. The molecule has 1 heterocycles. The quantitative estimate of drug-likeness (QED) is 0.908.